The van der Waals surface area contributed by atoms with Gasteiger partial charge in [0, 0.05) is 13.1 Å². The van der Waals surface area contributed by atoms with Crippen molar-refractivity contribution in [3.05, 3.63) is 63.6 Å². The Morgan fingerprint density at radius 1 is 0.950 bits per heavy atom. The second kappa shape index (κ2) is 6.98. The van der Waals surface area contributed by atoms with Crippen LogP contribution in [-0.4, -0.2) is 19.1 Å². The van der Waals surface area contributed by atoms with Gasteiger partial charge in [0.2, 0.25) is 0 Å². The van der Waals surface area contributed by atoms with Gasteiger partial charge in [0.1, 0.15) is 5.75 Å². The summed E-state index contributed by atoms with van der Waals surface area (Å²) < 4.78 is 5.23. The molecule has 0 radical (unpaired) electrons. The lowest BCUT2D eigenvalue weighted by Gasteiger charge is -2.17. The molecule has 0 amide bonds. The van der Waals surface area contributed by atoms with Gasteiger partial charge >= 0.3 is 0 Å². The Hall–Kier alpha value is -1.22. The highest BCUT2D eigenvalue weighted by molar-refractivity contribution is 6.42. The van der Waals surface area contributed by atoms with Crippen LogP contribution in [0.15, 0.2) is 42.5 Å². The lowest BCUT2D eigenvalue weighted by molar-refractivity contribution is 0.318. The Balaban J connectivity index is 2.00. The highest BCUT2D eigenvalue weighted by Gasteiger charge is 2.05. The van der Waals surface area contributed by atoms with Crippen molar-refractivity contribution in [2.75, 3.05) is 14.2 Å². The van der Waals surface area contributed by atoms with Crippen LogP contribution in [0.1, 0.15) is 11.1 Å². The van der Waals surface area contributed by atoms with Crippen LogP contribution in [0.25, 0.3) is 0 Å². The second-order valence-electron chi connectivity index (χ2n) is 4.77. The normalized spacial score (nSPS) is 10.8. The lowest BCUT2D eigenvalue weighted by atomic mass is 10.1. The minimum atomic E-state index is 0.589. The van der Waals surface area contributed by atoms with Crippen LogP contribution in [-0.2, 0) is 13.1 Å². The average molecular weight is 310 g/mol. The van der Waals surface area contributed by atoms with Gasteiger partial charge < -0.3 is 4.74 Å². The molecule has 0 heterocycles. The average Bonchev–Trinajstić information content (AvgIpc) is 2.43. The molecule has 0 N–H and O–H groups in total. The van der Waals surface area contributed by atoms with E-state index in [9.17, 15) is 0 Å². The number of benzene rings is 2. The van der Waals surface area contributed by atoms with Crippen LogP contribution in [0.3, 0.4) is 0 Å². The van der Waals surface area contributed by atoms with Crippen LogP contribution in [0.2, 0.25) is 10.0 Å². The zero-order valence-electron chi connectivity index (χ0n) is 11.6. The second-order valence-corrected chi connectivity index (χ2v) is 5.59. The molecule has 0 aliphatic carbocycles. The molecule has 0 atom stereocenters. The van der Waals surface area contributed by atoms with Gasteiger partial charge in [-0.25, -0.2) is 0 Å². The van der Waals surface area contributed by atoms with Gasteiger partial charge in [0.25, 0.3) is 0 Å². The number of rotatable bonds is 5. The Bertz CT molecular complexity index is 586. The fourth-order valence-electron chi connectivity index (χ4n) is 2.09. The highest BCUT2D eigenvalue weighted by atomic mass is 35.5. The fourth-order valence-corrected chi connectivity index (χ4v) is 2.41. The van der Waals surface area contributed by atoms with E-state index < -0.39 is 0 Å². The first-order valence-electron chi connectivity index (χ1n) is 6.34. The van der Waals surface area contributed by atoms with Crippen molar-refractivity contribution in [2.24, 2.45) is 0 Å². The molecule has 0 aromatic heterocycles. The smallest absolute Gasteiger partial charge is 0.119 e. The zero-order valence-corrected chi connectivity index (χ0v) is 13.1. The molecular formula is C16H17Cl2NO. The minimum Gasteiger partial charge on any atom is -0.497 e. The van der Waals surface area contributed by atoms with E-state index >= 15 is 0 Å². The summed E-state index contributed by atoms with van der Waals surface area (Å²) in [6, 6.07) is 13.8. The summed E-state index contributed by atoms with van der Waals surface area (Å²) >= 11 is 12.0. The van der Waals surface area contributed by atoms with E-state index in [4.69, 9.17) is 27.9 Å². The van der Waals surface area contributed by atoms with Crippen LogP contribution in [0, 0.1) is 0 Å². The molecule has 0 aliphatic rings. The number of ether oxygens (including phenoxy) is 1. The third-order valence-electron chi connectivity index (χ3n) is 3.02. The molecule has 0 saturated heterocycles. The van der Waals surface area contributed by atoms with Crippen molar-refractivity contribution in [3.8, 4) is 5.75 Å². The minimum absolute atomic E-state index is 0.589. The molecule has 2 aromatic rings. The maximum absolute atomic E-state index is 6.03. The lowest BCUT2D eigenvalue weighted by Crippen LogP contribution is -2.17. The van der Waals surface area contributed by atoms with Gasteiger partial charge in [0.05, 0.1) is 17.2 Å². The largest absolute Gasteiger partial charge is 0.497 e. The van der Waals surface area contributed by atoms with E-state index in [0.29, 0.717) is 10.0 Å². The molecule has 2 nitrogen and oxygen atoms in total. The van der Waals surface area contributed by atoms with Crippen LogP contribution < -0.4 is 4.74 Å². The van der Waals surface area contributed by atoms with Gasteiger partial charge in [-0.2, -0.15) is 0 Å². The maximum atomic E-state index is 6.03. The maximum Gasteiger partial charge on any atom is 0.119 e. The first kappa shape index (κ1) is 15.2. The van der Waals surface area contributed by atoms with Crippen molar-refractivity contribution in [2.45, 2.75) is 13.1 Å². The van der Waals surface area contributed by atoms with Gasteiger partial charge in [-0.3, -0.25) is 4.90 Å². The molecule has 2 rings (SSSR count). The summed E-state index contributed by atoms with van der Waals surface area (Å²) in [6.45, 7) is 1.66. The third-order valence-corrected chi connectivity index (χ3v) is 3.76. The van der Waals surface area contributed by atoms with E-state index in [1.807, 2.05) is 36.4 Å². The molecule has 4 heteroatoms. The number of nitrogens with zero attached hydrogens (tertiary/aromatic N) is 1. The summed E-state index contributed by atoms with van der Waals surface area (Å²) in [4.78, 5) is 2.22. The molecule has 0 unspecified atom stereocenters. The zero-order chi connectivity index (χ0) is 14.5. The fraction of sp³-hybridized carbons (Fsp3) is 0.250. The SMILES string of the molecule is COc1cccc(CN(C)Cc2ccc(Cl)c(Cl)c2)c1. The van der Waals surface area contributed by atoms with Crippen molar-refractivity contribution in [1.82, 2.24) is 4.90 Å². The topological polar surface area (TPSA) is 12.5 Å². The number of hydrogen-bond donors (Lipinski definition) is 0. The molecule has 0 aliphatic heterocycles. The van der Waals surface area contributed by atoms with Crippen LogP contribution in [0.4, 0.5) is 0 Å². The Morgan fingerprint density at radius 3 is 2.30 bits per heavy atom. The summed E-state index contributed by atoms with van der Waals surface area (Å²) in [6.07, 6.45) is 0. The van der Waals surface area contributed by atoms with E-state index in [0.717, 1.165) is 24.4 Å². The van der Waals surface area contributed by atoms with Gasteiger partial charge in [-0.15, -0.1) is 0 Å². The Kier molecular flexibility index (Phi) is 5.30. The first-order chi connectivity index (χ1) is 9.58. The van der Waals surface area contributed by atoms with Crippen molar-refractivity contribution < 1.29 is 4.74 Å². The van der Waals surface area contributed by atoms with E-state index in [-0.39, 0.29) is 0 Å². The molecular weight excluding hydrogens is 293 g/mol. The molecule has 20 heavy (non-hydrogen) atoms. The molecule has 106 valence electrons. The highest BCUT2D eigenvalue weighted by Crippen LogP contribution is 2.23. The standard InChI is InChI=1S/C16H17Cl2NO/c1-19(10-12-4-3-5-14(8-12)20-2)11-13-6-7-15(17)16(18)9-13/h3-9H,10-11H2,1-2H3. The van der Waals surface area contributed by atoms with E-state index in [1.165, 1.54) is 5.56 Å². The van der Waals surface area contributed by atoms with Crippen molar-refractivity contribution in [3.63, 3.8) is 0 Å². The summed E-state index contributed by atoms with van der Waals surface area (Å²) in [5.74, 6) is 0.880. The number of halogens is 2. The Morgan fingerprint density at radius 2 is 1.65 bits per heavy atom. The molecule has 2 aromatic carbocycles. The van der Waals surface area contributed by atoms with E-state index in [2.05, 4.69) is 18.0 Å². The predicted octanol–water partition coefficient (Wildman–Crippen LogP) is 4.63. The van der Waals surface area contributed by atoms with Gasteiger partial charge in [-0.1, -0.05) is 41.4 Å². The Labute approximate surface area is 129 Å². The summed E-state index contributed by atoms with van der Waals surface area (Å²) in [5.41, 5.74) is 2.36. The molecule has 0 fully saturated rings. The van der Waals surface area contributed by atoms with Gasteiger partial charge in [-0.05, 0) is 42.4 Å². The van der Waals surface area contributed by atoms with Crippen LogP contribution in [0.5, 0.6) is 5.75 Å². The first-order valence-corrected chi connectivity index (χ1v) is 7.09. The molecule has 0 bridgehead atoms. The number of methoxy groups -OCH3 is 1. The summed E-state index contributed by atoms with van der Waals surface area (Å²) in [7, 11) is 3.75. The quantitative estimate of drug-likeness (QED) is 0.798. The third kappa shape index (κ3) is 4.14. The monoisotopic (exact) mass is 309 g/mol. The molecule has 0 saturated carbocycles. The van der Waals surface area contributed by atoms with Crippen molar-refractivity contribution in [1.29, 1.82) is 0 Å². The van der Waals surface area contributed by atoms with Crippen LogP contribution >= 0.6 is 23.2 Å². The predicted molar refractivity (Wildman–Crippen MR) is 84.6 cm³/mol. The molecule has 0 spiro atoms. The van der Waals surface area contributed by atoms with E-state index in [1.54, 1.807) is 7.11 Å². The van der Waals surface area contributed by atoms with Crippen molar-refractivity contribution >= 4 is 23.2 Å². The summed E-state index contributed by atoms with van der Waals surface area (Å²) in [5, 5.41) is 1.19. The number of hydrogen-bond acceptors (Lipinski definition) is 2. The van der Waals surface area contributed by atoms with Gasteiger partial charge in [0.15, 0.2) is 0 Å².